The lowest BCUT2D eigenvalue weighted by Gasteiger charge is -2.30. The SMILES string of the molecule is COc1cc(C#N)ccc1OC[C@H]1C[NH+](Cc2ccccc2Cl)CCO1. The molecular formula is C20H22ClN2O3+. The van der Waals surface area contributed by atoms with E-state index in [1.165, 1.54) is 4.90 Å². The maximum absolute atomic E-state index is 8.97. The molecule has 1 saturated heterocycles. The van der Waals surface area contributed by atoms with Gasteiger partial charge in [0, 0.05) is 16.7 Å². The molecule has 26 heavy (non-hydrogen) atoms. The van der Waals surface area contributed by atoms with Gasteiger partial charge in [0.2, 0.25) is 0 Å². The Bertz CT molecular complexity index is 791. The fraction of sp³-hybridized carbons (Fsp3) is 0.350. The lowest BCUT2D eigenvalue weighted by molar-refractivity contribution is -0.925. The van der Waals surface area contributed by atoms with Gasteiger partial charge in [-0.1, -0.05) is 29.8 Å². The van der Waals surface area contributed by atoms with E-state index in [4.69, 9.17) is 31.1 Å². The number of nitrogens with one attached hydrogen (secondary N) is 1. The summed E-state index contributed by atoms with van der Waals surface area (Å²) in [5.41, 5.74) is 1.69. The number of hydrogen-bond donors (Lipinski definition) is 1. The van der Waals surface area contributed by atoms with E-state index in [9.17, 15) is 0 Å². The lowest BCUT2D eigenvalue weighted by Crippen LogP contribution is -3.13. The first-order valence-corrected chi connectivity index (χ1v) is 8.97. The van der Waals surface area contributed by atoms with Gasteiger partial charge in [0.15, 0.2) is 11.5 Å². The van der Waals surface area contributed by atoms with Crippen LogP contribution in [-0.2, 0) is 11.3 Å². The number of hydrogen-bond acceptors (Lipinski definition) is 4. The third kappa shape index (κ3) is 4.67. The quantitative estimate of drug-likeness (QED) is 0.842. The summed E-state index contributed by atoms with van der Waals surface area (Å²) < 4.78 is 17.0. The Balaban J connectivity index is 1.57. The zero-order chi connectivity index (χ0) is 18.4. The first-order chi connectivity index (χ1) is 12.7. The standard InChI is InChI=1S/C20H21ClN2O3/c1-24-20-10-15(11-22)6-7-19(20)26-14-17-13-23(8-9-25-17)12-16-4-2-3-5-18(16)21/h2-7,10,17H,8-9,12-14H2,1H3/p+1/t17-/m1/s1. The molecule has 1 heterocycles. The maximum atomic E-state index is 8.97. The van der Waals surface area contributed by atoms with Gasteiger partial charge in [0.25, 0.3) is 0 Å². The summed E-state index contributed by atoms with van der Waals surface area (Å²) >= 11 is 6.27. The number of methoxy groups -OCH3 is 1. The van der Waals surface area contributed by atoms with Crippen molar-refractivity contribution in [3.8, 4) is 17.6 Å². The van der Waals surface area contributed by atoms with E-state index in [1.54, 1.807) is 25.3 Å². The van der Waals surface area contributed by atoms with Crippen LogP contribution in [0.2, 0.25) is 5.02 Å². The lowest BCUT2D eigenvalue weighted by atomic mass is 10.2. The molecule has 2 atom stereocenters. The van der Waals surface area contributed by atoms with E-state index in [0.29, 0.717) is 30.3 Å². The van der Waals surface area contributed by atoms with Gasteiger partial charge in [0.1, 0.15) is 32.3 Å². The maximum Gasteiger partial charge on any atom is 0.162 e. The number of halogens is 1. The molecule has 0 amide bonds. The summed E-state index contributed by atoms with van der Waals surface area (Å²) in [6.45, 7) is 3.80. The average molecular weight is 374 g/mol. The van der Waals surface area contributed by atoms with Crippen LogP contribution in [0.3, 0.4) is 0 Å². The Hall–Kier alpha value is -2.26. The van der Waals surface area contributed by atoms with E-state index >= 15 is 0 Å². The van der Waals surface area contributed by atoms with Crippen molar-refractivity contribution in [1.82, 2.24) is 0 Å². The van der Waals surface area contributed by atoms with Crippen LogP contribution in [0.1, 0.15) is 11.1 Å². The smallest absolute Gasteiger partial charge is 0.162 e. The second-order valence-corrected chi connectivity index (χ2v) is 6.66. The van der Waals surface area contributed by atoms with Crippen molar-refractivity contribution < 1.29 is 19.1 Å². The highest BCUT2D eigenvalue weighted by Crippen LogP contribution is 2.28. The van der Waals surface area contributed by atoms with Gasteiger partial charge in [-0.2, -0.15) is 5.26 Å². The molecule has 0 aliphatic carbocycles. The molecule has 1 N–H and O–H groups in total. The van der Waals surface area contributed by atoms with Crippen molar-refractivity contribution in [1.29, 1.82) is 5.26 Å². The molecule has 1 unspecified atom stereocenters. The molecule has 136 valence electrons. The Labute approximate surface area is 158 Å². The largest absolute Gasteiger partial charge is 0.493 e. The minimum atomic E-state index is 0.00147. The van der Waals surface area contributed by atoms with Crippen LogP contribution in [0.5, 0.6) is 11.5 Å². The summed E-state index contributed by atoms with van der Waals surface area (Å²) in [6, 6.07) is 15.2. The Kier molecular flexibility index (Phi) is 6.35. The van der Waals surface area contributed by atoms with Crippen molar-refractivity contribution in [2.75, 3.05) is 33.4 Å². The highest BCUT2D eigenvalue weighted by Gasteiger charge is 2.25. The van der Waals surface area contributed by atoms with Crippen LogP contribution in [0, 0.1) is 11.3 Å². The van der Waals surface area contributed by atoms with Crippen LogP contribution in [0.25, 0.3) is 0 Å². The Morgan fingerprint density at radius 3 is 2.88 bits per heavy atom. The molecule has 0 saturated carbocycles. The predicted octanol–water partition coefficient (Wildman–Crippen LogP) is 2.08. The fourth-order valence-electron chi connectivity index (χ4n) is 3.07. The normalized spacial score (nSPS) is 19.6. The number of ether oxygens (including phenoxy) is 3. The monoisotopic (exact) mass is 373 g/mol. The number of nitriles is 1. The van der Waals surface area contributed by atoms with Gasteiger partial charge < -0.3 is 19.1 Å². The molecule has 0 radical (unpaired) electrons. The molecule has 1 aliphatic heterocycles. The number of morpholine rings is 1. The van der Waals surface area contributed by atoms with Crippen molar-refractivity contribution in [2.24, 2.45) is 0 Å². The molecular weight excluding hydrogens is 352 g/mol. The van der Waals surface area contributed by atoms with Crippen molar-refractivity contribution >= 4 is 11.6 Å². The minimum absolute atomic E-state index is 0.00147. The van der Waals surface area contributed by atoms with Gasteiger partial charge in [0.05, 0.1) is 25.3 Å². The average Bonchev–Trinajstić information content (AvgIpc) is 2.68. The Morgan fingerprint density at radius 2 is 2.12 bits per heavy atom. The number of benzene rings is 2. The van der Waals surface area contributed by atoms with E-state index in [-0.39, 0.29) is 6.10 Å². The van der Waals surface area contributed by atoms with Crippen molar-refractivity contribution in [3.63, 3.8) is 0 Å². The van der Waals surface area contributed by atoms with Crippen molar-refractivity contribution in [2.45, 2.75) is 12.6 Å². The molecule has 1 fully saturated rings. The fourth-order valence-corrected chi connectivity index (χ4v) is 3.27. The first-order valence-electron chi connectivity index (χ1n) is 8.59. The summed E-state index contributed by atoms with van der Waals surface area (Å²) in [4.78, 5) is 1.42. The number of nitrogens with zero attached hydrogens (tertiary/aromatic N) is 1. The van der Waals surface area contributed by atoms with Crippen molar-refractivity contribution in [3.05, 3.63) is 58.6 Å². The van der Waals surface area contributed by atoms with Crippen LogP contribution in [0.15, 0.2) is 42.5 Å². The van der Waals surface area contributed by atoms with Gasteiger partial charge in [-0.15, -0.1) is 0 Å². The summed E-state index contributed by atoms with van der Waals surface area (Å²) in [5, 5.41) is 9.78. The molecule has 3 rings (SSSR count). The predicted molar refractivity (Wildman–Crippen MR) is 98.8 cm³/mol. The molecule has 5 nitrogen and oxygen atoms in total. The van der Waals surface area contributed by atoms with Gasteiger partial charge in [-0.05, 0) is 18.2 Å². The van der Waals surface area contributed by atoms with E-state index in [0.717, 1.165) is 30.2 Å². The van der Waals surface area contributed by atoms with Crippen LogP contribution >= 0.6 is 11.6 Å². The minimum Gasteiger partial charge on any atom is -0.493 e. The zero-order valence-corrected chi connectivity index (χ0v) is 15.5. The molecule has 2 aromatic carbocycles. The molecule has 0 spiro atoms. The number of rotatable bonds is 6. The van der Waals surface area contributed by atoms with Gasteiger partial charge >= 0.3 is 0 Å². The summed E-state index contributed by atoms with van der Waals surface area (Å²) in [5.74, 6) is 1.17. The Morgan fingerprint density at radius 1 is 1.27 bits per heavy atom. The van der Waals surface area contributed by atoms with Crippen LogP contribution in [0.4, 0.5) is 0 Å². The first kappa shape index (κ1) is 18.5. The highest BCUT2D eigenvalue weighted by molar-refractivity contribution is 6.31. The second kappa shape index (κ2) is 8.91. The highest BCUT2D eigenvalue weighted by atomic mass is 35.5. The topological polar surface area (TPSA) is 55.9 Å². The van der Waals surface area contributed by atoms with Gasteiger partial charge in [-0.3, -0.25) is 0 Å². The van der Waals surface area contributed by atoms with Crippen LogP contribution in [-0.4, -0.2) is 39.5 Å². The van der Waals surface area contributed by atoms with E-state index in [1.807, 2.05) is 18.2 Å². The van der Waals surface area contributed by atoms with E-state index in [2.05, 4.69) is 12.1 Å². The third-order valence-corrected chi connectivity index (χ3v) is 4.81. The zero-order valence-electron chi connectivity index (χ0n) is 14.7. The molecule has 1 aliphatic rings. The second-order valence-electron chi connectivity index (χ2n) is 6.25. The number of quaternary nitrogens is 1. The molecule has 6 heteroatoms. The molecule has 0 bridgehead atoms. The van der Waals surface area contributed by atoms with E-state index < -0.39 is 0 Å². The van der Waals surface area contributed by atoms with Gasteiger partial charge in [-0.25, -0.2) is 0 Å². The van der Waals surface area contributed by atoms with Crippen LogP contribution < -0.4 is 14.4 Å². The molecule has 2 aromatic rings. The third-order valence-electron chi connectivity index (χ3n) is 4.44. The summed E-state index contributed by atoms with van der Waals surface area (Å²) in [6.07, 6.45) is 0.00147. The molecule has 0 aromatic heterocycles. The summed E-state index contributed by atoms with van der Waals surface area (Å²) in [7, 11) is 1.57.